The third kappa shape index (κ3) is 17.2. The van der Waals surface area contributed by atoms with Crippen molar-refractivity contribution < 1.29 is 65.4 Å². The highest BCUT2D eigenvalue weighted by atomic mass is 32.2. The molecule has 24 heteroatoms. The predicted molar refractivity (Wildman–Crippen MR) is 291 cm³/mol. The van der Waals surface area contributed by atoms with Crippen molar-refractivity contribution in [3.8, 4) is 28.2 Å². The number of carboxylic acids is 2. The summed E-state index contributed by atoms with van der Waals surface area (Å²) in [6, 6.07) is 23.8. The number of nitrogens with zero attached hydrogens (tertiary/aromatic N) is 2. The number of anilines is 3. The molecule has 0 saturated carbocycles. The number of amides is 3. The molecule has 402 valence electrons. The van der Waals surface area contributed by atoms with Gasteiger partial charge in [0.05, 0.1) is 46.6 Å². The molecule has 21 nitrogen and oxygen atoms in total. The molecule has 6 rings (SSSR count). The number of aliphatic carboxylic acids is 1. The molecule has 0 aromatic heterocycles. The number of thiocarbonyl (C=S) groups is 1. The quantitative estimate of drug-likeness (QED) is 0.00855. The Labute approximate surface area is 442 Å². The Kier molecular flexibility index (Phi) is 19.9. The molecule has 76 heavy (non-hydrogen) atoms. The fourth-order valence-electron chi connectivity index (χ4n) is 8.13. The number of carboxylic acid groups (broad SMARTS) is 2. The third-order valence-electron chi connectivity index (χ3n) is 11.8. The lowest BCUT2D eigenvalue weighted by Gasteiger charge is -2.26. The molecule has 1 aliphatic carbocycles. The van der Waals surface area contributed by atoms with E-state index in [0.29, 0.717) is 45.6 Å². The van der Waals surface area contributed by atoms with Crippen molar-refractivity contribution in [3.05, 3.63) is 119 Å². The highest BCUT2D eigenvalue weighted by Gasteiger charge is 2.23. The summed E-state index contributed by atoms with van der Waals surface area (Å²) < 4.78 is 59.6. The van der Waals surface area contributed by atoms with Gasteiger partial charge in [-0.25, -0.2) is 9.00 Å². The summed E-state index contributed by atoms with van der Waals surface area (Å²) in [6.45, 7) is -1.41. The number of unbranched alkanes of at least 4 members (excludes halogenated alkanes) is 5. The zero-order valence-corrected chi connectivity index (χ0v) is 43.3. The van der Waals surface area contributed by atoms with Gasteiger partial charge in [-0.05, 0) is 116 Å². The van der Waals surface area contributed by atoms with Gasteiger partial charge in [0.15, 0.2) is 5.43 Å². The number of aromatic carboxylic acids is 1. The van der Waals surface area contributed by atoms with E-state index in [9.17, 15) is 65.8 Å². The molecule has 1 atom stereocenters. The lowest BCUT2D eigenvalue weighted by molar-refractivity contribution is -0.138. The summed E-state index contributed by atoms with van der Waals surface area (Å²) in [5.41, 5.74) is 2.37. The van der Waals surface area contributed by atoms with Gasteiger partial charge in [0.1, 0.15) is 26.9 Å². The Morgan fingerprint density at radius 2 is 1.18 bits per heavy atom. The standard InChI is InChI=1S/C52H56N6O15S3/c1-75(68,69)38-17-10-33(11-18-38)54-47(62)29-57(31-50(64)65)24-25-58(30-48(63)55-34-12-19-39(20-13-34)76(70,71)72)32-53-46(61)8-6-4-2-3-5-7-9-49(74)56-35-14-21-40(43(26-35)52(66)67)51-41-22-15-36(59)27-44(41)73-45-28-37(60)16-23-42(45)51/h10-23,26-28,59H,1-9,24-25,29-32H2,(H,53,61)(H,54,62)(H,55,63)(H,56,74)(H,64,65)(H,66,67)(H,68,69)(H,70,71,72). The maximum absolute atomic E-state index is 13.2. The van der Waals surface area contributed by atoms with E-state index in [4.69, 9.17) is 16.6 Å². The molecule has 0 spiro atoms. The largest absolute Gasteiger partial charge is 0.508 e. The van der Waals surface area contributed by atoms with E-state index in [0.717, 1.165) is 44.2 Å². The summed E-state index contributed by atoms with van der Waals surface area (Å²) in [4.78, 5) is 78.7. The van der Waals surface area contributed by atoms with Crippen molar-refractivity contribution in [2.75, 3.05) is 55.3 Å². The van der Waals surface area contributed by atoms with Crippen LogP contribution in [0.1, 0.15) is 61.7 Å². The van der Waals surface area contributed by atoms with Crippen LogP contribution < -0.4 is 26.7 Å². The molecule has 9 N–H and O–H groups in total. The molecule has 2 aliphatic rings. The Morgan fingerprint density at radius 3 is 1.79 bits per heavy atom. The van der Waals surface area contributed by atoms with Crippen LogP contribution in [0.15, 0.2) is 122 Å². The number of benzene rings is 5. The third-order valence-corrected chi connectivity index (χ3v) is 14.0. The van der Waals surface area contributed by atoms with Crippen LogP contribution in [-0.4, -0.2) is 127 Å². The molecular weight excluding hydrogens is 1040 g/mol. The van der Waals surface area contributed by atoms with Gasteiger partial charge in [-0.1, -0.05) is 44.0 Å². The SMILES string of the molecule is C=S(=O)(O)c1ccc(NC(=O)CN(CCN(CNC(=O)CCCCCCCCC(=S)Nc2ccc(-c3c4ccc(=O)cc-4oc4cc(O)ccc34)c(C(=O)O)c2)CC(=O)Nc2ccc(S(=O)(=O)O)cc2)CC(=O)O)cc1. The average molecular weight is 1100 g/mol. The van der Waals surface area contributed by atoms with Crippen LogP contribution in [0.4, 0.5) is 17.1 Å². The summed E-state index contributed by atoms with van der Waals surface area (Å²) in [6.07, 6.45) is 5.32. The fourth-order valence-corrected chi connectivity index (χ4v) is 9.43. The first-order valence-electron chi connectivity index (χ1n) is 23.7. The minimum Gasteiger partial charge on any atom is -0.508 e. The maximum Gasteiger partial charge on any atom is 0.336 e. The normalized spacial score (nSPS) is 12.3. The van der Waals surface area contributed by atoms with Crippen LogP contribution in [0.2, 0.25) is 0 Å². The highest BCUT2D eigenvalue weighted by molar-refractivity contribution is 7.95. The minimum absolute atomic E-state index is 0.00727. The van der Waals surface area contributed by atoms with Gasteiger partial charge >= 0.3 is 11.9 Å². The minimum atomic E-state index is -4.47. The van der Waals surface area contributed by atoms with Crippen molar-refractivity contribution in [1.82, 2.24) is 15.1 Å². The van der Waals surface area contributed by atoms with E-state index in [-0.39, 0.29) is 94.4 Å². The number of hydrogen-bond acceptors (Lipinski definition) is 14. The number of carbonyl (C=O) groups is 5. The molecule has 4 aromatic rings. The highest BCUT2D eigenvalue weighted by Crippen LogP contribution is 2.42. The number of phenols is 1. The zero-order valence-electron chi connectivity index (χ0n) is 40.9. The molecular formula is C52H56N6O15S3. The zero-order chi connectivity index (χ0) is 55.2. The molecule has 1 heterocycles. The van der Waals surface area contributed by atoms with E-state index in [1.54, 1.807) is 24.3 Å². The van der Waals surface area contributed by atoms with Crippen LogP contribution in [0.3, 0.4) is 0 Å². The van der Waals surface area contributed by atoms with Gasteiger partial charge in [0.2, 0.25) is 17.7 Å². The monoisotopic (exact) mass is 1100 g/mol. The molecule has 1 aliphatic heterocycles. The van der Waals surface area contributed by atoms with Crippen LogP contribution in [0.25, 0.3) is 33.4 Å². The second-order valence-electron chi connectivity index (χ2n) is 17.7. The summed E-state index contributed by atoms with van der Waals surface area (Å²) in [5.74, 6) is -0.498. The van der Waals surface area contributed by atoms with Crippen LogP contribution in [-0.2, 0) is 39.1 Å². The van der Waals surface area contributed by atoms with Gasteiger partial charge in [0.25, 0.3) is 10.1 Å². The average Bonchev–Trinajstić information content (AvgIpc) is 3.35. The number of hydrogen-bond donors (Lipinski definition) is 9. The molecule has 0 bridgehead atoms. The first-order valence-corrected chi connectivity index (χ1v) is 27.2. The topological polar surface area (TPSA) is 323 Å². The van der Waals surface area contributed by atoms with E-state index < -0.39 is 50.2 Å². The lowest BCUT2D eigenvalue weighted by Crippen LogP contribution is -2.47. The molecule has 3 amide bonds. The van der Waals surface area contributed by atoms with Crippen molar-refractivity contribution in [3.63, 3.8) is 0 Å². The number of aromatic hydroxyl groups is 1. The van der Waals surface area contributed by atoms with E-state index in [2.05, 4.69) is 27.1 Å². The van der Waals surface area contributed by atoms with Crippen LogP contribution in [0, 0.1) is 0 Å². The number of carbonyl (C=O) groups excluding carboxylic acids is 3. The molecule has 0 radical (unpaired) electrons. The number of fused-ring (bicyclic) bond motifs is 2. The van der Waals surface area contributed by atoms with Crippen LogP contribution in [0.5, 0.6) is 5.75 Å². The second-order valence-corrected chi connectivity index (χ2v) is 21.4. The number of nitrogens with one attached hydrogen (secondary N) is 4. The van der Waals surface area contributed by atoms with E-state index >= 15 is 0 Å². The van der Waals surface area contributed by atoms with Crippen molar-refractivity contribution in [2.45, 2.75) is 61.2 Å². The lowest BCUT2D eigenvalue weighted by atomic mass is 9.90. The fraction of sp³-hybridized carbons (Fsp3) is 0.269. The Morgan fingerprint density at radius 1 is 0.618 bits per heavy atom. The molecule has 0 fully saturated rings. The van der Waals surface area contributed by atoms with E-state index in [1.165, 1.54) is 76.5 Å². The molecule has 0 saturated heterocycles. The van der Waals surface area contributed by atoms with Crippen molar-refractivity contribution in [2.24, 2.45) is 0 Å². The second kappa shape index (κ2) is 26.3. The number of rotatable bonds is 27. The Hall–Kier alpha value is -7.58. The van der Waals surface area contributed by atoms with Crippen molar-refractivity contribution in [1.29, 1.82) is 0 Å². The van der Waals surface area contributed by atoms with Crippen molar-refractivity contribution >= 4 is 101 Å². The summed E-state index contributed by atoms with van der Waals surface area (Å²) in [5, 5.41) is 41.7. The first-order chi connectivity index (χ1) is 36.0. The summed E-state index contributed by atoms with van der Waals surface area (Å²) >= 11 is 5.60. The van der Waals surface area contributed by atoms with Gasteiger partial charge in [0, 0.05) is 65.2 Å². The smallest absolute Gasteiger partial charge is 0.336 e. The summed E-state index contributed by atoms with van der Waals surface area (Å²) in [7, 11) is -7.95. The maximum atomic E-state index is 13.2. The predicted octanol–water partition coefficient (Wildman–Crippen LogP) is 6.66. The Bertz CT molecular complexity index is 3370. The molecule has 4 aromatic carbocycles. The first kappa shape index (κ1) is 57.7. The Balaban J connectivity index is 0.962. The van der Waals surface area contributed by atoms with Crippen LogP contribution >= 0.6 is 12.2 Å². The van der Waals surface area contributed by atoms with E-state index in [1.807, 2.05) is 0 Å². The number of phenolic OH excluding ortho intramolecular Hbond substituents is 1. The molecule has 1 unspecified atom stereocenters. The van der Waals surface area contributed by atoms with Gasteiger partial charge in [-0.15, -0.1) is 0 Å². The van der Waals surface area contributed by atoms with Gasteiger partial charge < -0.3 is 45.6 Å². The van der Waals surface area contributed by atoms with Gasteiger partial charge in [-0.3, -0.25) is 38.3 Å². The van der Waals surface area contributed by atoms with Gasteiger partial charge in [-0.2, -0.15) is 8.42 Å².